The average Bonchev–Trinajstić information content (AvgIpc) is 2.33. The van der Waals surface area contributed by atoms with Crippen molar-refractivity contribution < 1.29 is 45.4 Å². The third kappa shape index (κ3) is 6.81. The molecule has 0 aromatic heterocycles. The molecule has 0 amide bonds. The van der Waals surface area contributed by atoms with Gasteiger partial charge in [0.05, 0.1) is 6.42 Å². The molecule has 0 rings (SSSR count). The van der Waals surface area contributed by atoms with Crippen LogP contribution in [0.5, 0.6) is 0 Å². The van der Waals surface area contributed by atoms with E-state index in [1.54, 1.807) is 0 Å². The molecule has 128 valence electrons. The quantitative estimate of drug-likeness (QED) is 0.388. The zero-order chi connectivity index (χ0) is 17.7. The molecule has 0 aliphatic carbocycles. The van der Waals surface area contributed by atoms with Crippen molar-refractivity contribution in [1.29, 1.82) is 0 Å². The minimum Gasteiger partial charge on any atom is -0.458 e. The largest absolute Gasteiger partial charge is 0.458 e. The van der Waals surface area contributed by atoms with Gasteiger partial charge in [-0.2, -0.15) is 8.78 Å². The Morgan fingerprint density at radius 1 is 1.18 bits per heavy atom. The van der Waals surface area contributed by atoms with Crippen LogP contribution in [0.15, 0.2) is 12.2 Å². The standard InChI is InChI=1S/C12H14F6O4/c1-6(2)8(19)21-5-7(4-12(17,18)9(13)14)22-10(20)11(3,15)16/h7,9H,1,4-5H2,2-3H3. The molecule has 0 aliphatic heterocycles. The van der Waals surface area contributed by atoms with Gasteiger partial charge in [0, 0.05) is 12.5 Å². The molecule has 0 radical (unpaired) electrons. The Hall–Kier alpha value is -1.74. The number of halogens is 6. The van der Waals surface area contributed by atoms with Crippen LogP contribution in [0.25, 0.3) is 0 Å². The molecule has 0 saturated carbocycles. The average molecular weight is 336 g/mol. The molecule has 10 heteroatoms. The highest BCUT2D eigenvalue weighted by Crippen LogP contribution is 2.30. The molecular weight excluding hydrogens is 322 g/mol. The molecule has 0 N–H and O–H groups in total. The lowest BCUT2D eigenvalue weighted by Gasteiger charge is -2.24. The summed E-state index contributed by atoms with van der Waals surface area (Å²) < 4.78 is 83.8. The molecule has 0 aliphatic rings. The lowest BCUT2D eigenvalue weighted by molar-refractivity contribution is -0.192. The maximum Gasteiger partial charge on any atom is 0.377 e. The summed E-state index contributed by atoms with van der Waals surface area (Å²) in [6, 6.07) is 0. The highest BCUT2D eigenvalue weighted by atomic mass is 19.3. The Morgan fingerprint density at radius 2 is 1.68 bits per heavy atom. The van der Waals surface area contributed by atoms with Crippen LogP contribution in [0.4, 0.5) is 26.3 Å². The van der Waals surface area contributed by atoms with E-state index in [0.717, 1.165) is 0 Å². The smallest absolute Gasteiger partial charge is 0.377 e. The number of hydrogen-bond acceptors (Lipinski definition) is 4. The second kappa shape index (κ2) is 7.50. The molecule has 22 heavy (non-hydrogen) atoms. The van der Waals surface area contributed by atoms with E-state index in [0.29, 0.717) is 0 Å². The molecule has 0 fully saturated rings. The van der Waals surface area contributed by atoms with E-state index >= 15 is 0 Å². The topological polar surface area (TPSA) is 52.6 Å². The van der Waals surface area contributed by atoms with Gasteiger partial charge in [0.2, 0.25) is 0 Å². The Balaban J connectivity index is 4.95. The van der Waals surface area contributed by atoms with Gasteiger partial charge in [-0.1, -0.05) is 6.58 Å². The summed E-state index contributed by atoms with van der Waals surface area (Å²) in [5, 5.41) is 0. The van der Waals surface area contributed by atoms with E-state index in [-0.39, 0.29) is 12.5 Å². The van der Waals surface area contributed by atoms with Crippen molar-refractivity contribution in [3.8, 4) is 0 Å². The minimum absolute atomic E-state index is 0.136. The number of esters is 2. The lowest BCUT2D eigenvalue weighted by atomic mass is 10.1. The summed E-state index contributed by atoms with van der Waals surface area (Å²) in [5.41, 5.74) is -0.147. The summed E-state index contributed by atoms with van der Waals surface area (Å²) in [7, 11) is 0. The van der Waals surface area contributed by atoms with E-state index in [2.05, 4.69) is 16.1 Å². The number of rotatable bonds is 8. The molecule has 0 aromatic carbocycles. The van der Waals surface area contributed by atoms with Gasteiger partial charge in [-0.15, -0.1) is 0 Å². The number of alkyl halides is 6. The minimum atomic E-state index is -4.61. The first-order valence-electron chi connectivity index (χ1n) is 5.85. The molecule has 0 heterocycles. The van der Waals surface area contributed by atoms with Crippen LogP contribution in [-0.2, 0) is 19.1 Å². The molecule has 1 unspecified atom stereocenters. The van der Waals surface area contributed by atoms with Gasteiger partial charge in [0.1, 0.15) is 12.7 Å². The fraction of sp³-hybridized carbons (Fsp3) is 0.667. The molecule has 0 saturated heterocycles. The van der Waals surface area contributed by atoms with Crippen molar-refractivity contribution in [2.45, 2.75) is 44.6 Å². The number of hydrogen-bond donors (Lipinski definition) is 0. The SMILES string of the molecule is C=C(C)C(=O)OCC(CC(F)(F)C(F)F)OC(=O)C(C)(F)F. The van der Waals surface area contributed by atoms with Crippen LogP contribution in [0, 0.1) is 0 Å². The molecule has 0 spiro atoms. The summed E-state index contributed by atoms with van der Waals surface area (Å²) >= 11 is 0. The van der Waals surface area contributed by atoms with Crippen molar-refractivity contribution in [2.75, 3.05) is 6.61 Å². The maximum absolute atomic E-state index is 12.9. The Labute approximate surface area is 122 Å². The normalized spacial score (nSPS) is 13.7. The molecule has 4 nitrogen and oxygen atoms in total. The Kier molecular flexibility index (Phi) is 6.91. The van der Waals surface area contributed by atoms with E-state index < -0.39 is 49.3 Å². The zero-order valence-corrected chi connectivity index (χ0v) is 11.7. The van der Waals surface area contributed by atoms with Crippen LogP contribution in [0.2, 0.25) is 0 Å². The van der Waals surface area contributed by atoms with Crippen molar-refractivity contribution in [1.82, 2.24) is 0 Å². The second-order valence-corrected chi connectivity index (χ2v) is 4.56. The summed E-state index contributed by atoms with van der Waals surface area (Å²) in [5.74, 6) is -11.9. The fourth-order valence-electron chi connectivity index (χ4n) is 1.07. The Morgan fingerprint density at radius 3 is 2.05 bits per heavy atom. The Bertz CT molecular complexity index is 430. The van der Waals surface area contributed by atoms with Gasteiger partial charge in [0.25, 0.3) is 0 Å². The second-order valence-electron chi connectivity index (χ2n) is 4.56. The van der Waals surface area contributed by atoms with Crippen LogP contribution in [0.3, 0.4) is 0 Å². The summed E-state index contributed by atoms with van der Waals surface area (Å²) in [4.78, 5) is 22.0. The number of ether oxygens (including phenoxy) is 2. The van der Waals surface area contributed by atoms with Crippen molar-refractivity contribution in [3.63, 3.8) is 0 Å². The van der Waals surface area contributed by atoms with Crippen molar-refractivity contribution >= 4 is 11.9 Å². The van der Waals surface area contributed by atoms with Gasteiger partial charge < -0.3 is 9.47 Å². The van der Waals surface area contributed by atoms with Crippen molar-refractivity contribution in [2.24, 2.45) is 0 Å². The first-order valence-corrected chi connectivity index (χ1v) is 5.85. The highest BCUT2D eigenvalue weighted by molar-refractivity contribution is 5.86. The summed E-state index contributed by atoms with van der Waals surface area (Å²) in [6.45, 7) is 3.42. The van der Waals surface area contributed by atoms with E-state index in [4.69, 9.17) is 0 Å². The third-order valence-electron chi connectivity index (χ3n) is 2.20. The van der Waals surface area contributed by atoms with Gasteiger partial charge in [-0.25, -0.2) is 27.2 Å². The molecule has 1 atom stereocenters. The van der Waals surface area contributed by atoms with E-state index in [1.165, 1.54) is 6.92 Å². The maximum atomic E-state index is 12.9. The van der Waals surface area contributed by atoms with Crippen LogP contribution in [0.1, 0.15) is 20.3 Å². The van der Waals surface area contributed by atoms with Gasteiger partial charge in [-0.3, -0.25) is 0 Å². The van der Waals surface area contributed by atoms with E-state index in [9.17, 15) is 35.9 Å². The van der Waals surface area contributed by atoms with Gasteiger partial charge in [0.15, 0.2) is 0 Å². The number of carbonyl (C=O) groups excluding carboxylic acids is 2. The predicted octanol–water partition coefficient (Wildman–Crippen LogP) is 2.96. The van der Waals surface area contributed by atoms with Crippen LogP contribution >= 0.6 is 0 Å². The van der Waals surface area contributed by atoms with E-state index in [1.807, 2.05) is 0 Å². The third-order valence-corrected chi connectivity index (χ3v) is 2.20. The highest BCUT2D eigenvalue weighted by Gasteiger charge is 2.45. The van der Waals surface area contributed by atoms with Crippen molar-refractivity contribution in [3.05, 3.63) is 12.2 Å². The predicted molar refractivity (Wildman–Crippen MR) is 61.8 cm³/mol. The fourth-order valence-corrected chi connectivity index (χ4v) is 1.07. The lowest BCUT2D eigenvalue weighted by Crippen LogP contribution is -2.39. The monoisotopic (exact) mass is 336 g/mol. The van der Waals surface area contributed by atoms with Crippen LogP contribution < -0.4 is 0 Å². The molecule has 0 bridgehead atoms. The first kappa shape index (κ1) is 20.3. The number of carbonyl (C=O) groups is 2. The summed E-state index contributed by atoms with van der Waals surface area (Å²) in [6.07, 6.45) is -8.05. The first-order chi connectivity index (χ1) is 9.77. The molecule has 0 aromatic rings. The molecular formula is C12H14F6O4. The van der Waals surface area contributed by atoms with Gasteiger partial charge >= 0.3 is 30.2 Å². The zero-order valence-electron chi connectivity index (χ0n) is 11.7. The van der Waals surface area contributed by atoms with Gasteiger partial charge in [-0.05, 0) is 6.92 Å². The van der Waals surface area contributed by atoms with Crippen LogP contribution in [-0.4, -0.2) is 42.9 Å².